The fraction of sp³-hybridized carbons (Fsp3) is 0.375. The summed E-state index contributed by atoms with van der Waals surface area (Å²) in [5, 5.41) is 3.24. The molecular formula is C16H18ClNO4. The molecule has 2 heterocycles. The molecule has 1 atom stereocenters. The van der Waals surface area contributed by atoms with Crippen molar-refractivity contribution in [3.8, 4) is 5.75 Å². The molecule has 1 saturated heterocycles. The number of hydrogen-bond donors (Lipinski definition) is 1. The minimum atomic E-state index is -0.425. The van der Waals surface area contributed by atoms with E-state index in [0.717, 1.165) is 18.5 Å². The van der Waals surface area contributed by atoms with Gasteiger partial charge in [0.2, 0.25) is 0 Å². The van der Waals surface area contributed by atoms with Gasteiger partial charge in [-0.3, -0.25) is 4.79 Å². The predicted molar refractivity (Wildman–Crippen MR) is 84.5 cm³/mol. The first-order chi connectivity index (χ1) is 10.1. The van der Waals surface area contributed by atoms with Gasteiger partial charge in [0, 0.05) is 19.0 Å². The van der Waals surface area contributed by atoms with Gasteiger partial charge in [0.15, 0.2) is 5.78 Å². The lowest BCUT2D eigenvalue weighted by Gasteiger charge is -2.34. The highest BCUT2D eigenvalue weighted by Gasteiger charge is 2.42. The smallest absolute Gasteiger partial charge is 0.330 e. The van der Waals surface area contributed by atoms with Crippen LogP contribution in [0.1, 0.15) is 28.8 Å². The van der Waals surface area contributed by atoms with Gasteiger partial charge in [0.1, 0.15) is 11.4 Å². The molecule has 0 radical (unpaired) electrons. The second kappa shape index (κ2) is 6.50. The Balaban J connectivity index is 0.00000176. The molecule has 3 rings (SSSR count). The Bertz CT molecular complexity index is 621. The molecule has 0 saturated carbocycles. The topological polar surface area (TPSA) is 64.6 Å². The van der Waals surface area contributed by atoms with Gasteiger partial charge in [-0.2, -0.15) is 0 Å². The first-order valence-electron chi connectivity index (χ1n) is 6.95. The normalized spacial score (nSPS) is 23.0. The van der Waals surface area contributed by atoms with E-state index in [9.17, 15) is 9.59 Å². The first kappa shape index (κ1) is 16.5. The third kappa shape index (κ3) is 3.15. The molecule has 2 aliphatic rings. The molecule has 118 valence electrons. The summed E-state index contributed by atoms with van der Waals surface area (Å²) < 4.78 is 10.6. The summed E-state index contributed by atoms with van der Waals surface area (Å²) in [6.45, 7) is 1.59. The molecule has 0 aliphatic carbocycles. The summed E-state index contributed by atoms with van der Waals surface area (Å²) in [4.78, 5) is 23.5. The third-order valence-electron chi connectivity index (χ3n) is 3.93. The van der Waals surface area contributed by atoms with Crippen molar-refractivity contribution >= 4 is 30.2 Å². The van der Waals surface area contributed by atoms with Crippen molar-refractivity contribution in [3.05, 3.63) is 35.4 Å². The van der Waals surface area contributed by atoms with Crippen molar-refractivity contribution in [2.45, 2.75) is 18.4 Å². The van der Waals surface area contributed by atoms with Crippen LogP contribution in [0.15, 0.2) is 24.3 Å². The van der Waals surface area contributed by atoms with Crippen LogP contribution in [0.4, 0.5) is 0 Å². The van der Waals surface area contributed by atoms with Crippen molar-refractivity contribution < 1.29 is 19.1 Å². The summed E-state index contributed by atoms with van der Waals surface area (Å²) in [6, 6.07) is 5.38. The first-order valence-corrected chi connectivity index (χ1v) is 6.95. The van der Waals surface area contributed by atoms with E-state index >= 15 is 0 Å². The quantitative estimate of drug-likeness (QED) is 0.666. The molecule has 1 aromatic carbocycles. The Kier molecular flexibility index (Phi) is 4.88. The van der Waals surface area contributed by atoms with Crippen LogP contribution in [-0.4, -0.2) is 37.6 Å². The summed E-state index contributed by atoms with van der Waals surface area (Å²) >= 11 is 0. The van der Waals surface area contributed by atoms with Gasteiger partial charge >= 0.3 is 5.97 Å². The van der Waals surface area contributed by atoms with Crippen LogP contribution in [0.2, 0.25) is 0 Å². The van der Waals surface area contributed by atoms with E-state index < -0.39 is 5.97 Å². The Morgan fingerprint density at radius 3 is 2.95 bits per heavy atom. The average Bonchev–Trinajstić information content (AvgIpc) is 2.92. The molecule has 6 heteroatoms. The number of esters is 1. The maximum absolute atomic E-state index is 12.4. The van der Waals surface area contributed by atoms with Gasteiger partial charge in [0.05, 0.1) is 19.1 Å². The molecular weight excluding hydrogens is 306 g/mol. The van der Waals surface area contributed by atoms with Gasteiger partial charge in [-0.25, -0.2) is 4.79 Å². The van der Waals surface area contributed by atoms with E-state index in [4.69, 9.17) is 4.74 Å². The maximum Gasteiger partial charge on any atom is 0.330 e. The van der Waals surface area contributed by atoms with E-state index in [-0.39, 0.29) is 23.8 Å². The number of methoxy groups -OCH3 is 1. The minimum Gasteiger partial charge on any atom is -0.485 e. The highest BCUT2D eigenvalue weighted by atomic mass is 35.5. The zero-order valence-corrected chi connectivity index (χ0v) is 13.1. The number of ether oxygens (including phenoxy) is 2. The van der Waals surface area contributed by atoms with Crippen LogP contribution in [0.3, 0.4) is 0 Å². The summed E-state index contributed by atoms with van der Waals surface area (Å²) in [6.07, 6.45) is 4.21. The number of benzene rings is 1. The highest BCUT2D eigenvalue weighted by Crippen LogP contribution is 2.37. The van der Waals surface area contributed by atoms with E-state index in [1.807, 2.05) is 6.07 Å². The second-order valence-electron chi connectivity index (χ2n) is 5.42. The van der Waals surface area contributed by atoms with Crippen LogP contribution in [0.25, 0.3) is 6.08 Å². The fourth-order valence-corrected chi connectivity index (χ4v) is 2.81. The third-order valence-corrected chi connectivity index (χ3v) is 3.93. The lowest BCUT2D eigenvalue weighted by atomic mass is 9.88. The standard InChI is InChI=1S/C16H17NO4.ClH/c1-20-15(19)5-3-11-2-4-14-12(8-11)13(18)9-16(21-14)6-7-17-10-16;/h2-5,8,17H,6-7,9-10H2,1H3;1H/b5-3+;. The zero-order chi connectivity index (χ0) is 14.9. The van der Waals surface area contributed by atoms with Gasteiger partial charge in [0.25, 0.3) is 0 Å². The molecule has 5 nitrogen and oxygen atoms in total. The average molecular weight is 324 g/mol. The lowest BCUT2D eigenvalue weighted by molar-refractivity contribution is -0.134. The van der Waals surface area contributed by atoms with Gasteiger partial charge < -0.3 is 14.8 Å². The van der Waals surface area contributed by atoms with Gasteiger partial charge in [-0.1, -0.05) is 6.07 Å². The van der Waals surface area contributed by atoms with Gasteiger partial charge in [-0.15, -0.1) is 12.4 Å². The van der Waals surface area contributed by atoms with E-state index in [0.29, 0.717) is 24.3 Å². The molecule has 2 aliphatic heterocycles. The van der Waals surface area contributed by atoms with Crippen molar-refractivity contribution in [1.82, 2.24) is 5.32 Å². The van der Waals surface area contributed by atoms with Crippen LogP contribution < -0.4 is 10.1 Å². The minimum absolute atomic E-state index is 0. The van der Waals surface area contributed by atoms with Crippen LogP contribution in [0.5, 0.6) is 5.75 Å². The molecule has 1 aromatic rings. The number of rotatable bonds is 2. The SMILES string of the molecule is COC(=O)/C=C/c1ccc2c(c1)C(=O)CC1(CCNC1)O2.Cl. The van der Waals surface area contributed by atoms with Gasteiger partial charge in [-0.05, 0) is 30.3 Å². The Hall–Kier alpha value is -1.85. The predicted octanol–water partition coefficient (Wildman–Crippen LogP) is 1.99. The van der Waals surface area contributed by atoms with Crippen molar-refractivity contribution in [3.63, 3.8) is 0 Å². The molecule has 0 amide bonds. The summed E-state index contributed by atoms with van der Waals surface area (Å²) in [5.41, 5.74) is 0.976. The number of nitrogens with one attached hydrogen (secondary N) is 1. The molecule has 1 unspecified atom stereocenters. The summed E-state index contributed by atoms with van der Waals surface area (Å²) in [7, 11) is 1.33. The Labute approximate surface area is 135 Å². The molecule has 1 spiro atoms. The van der Waals surface area contributed by atoms with E-state index in [1.165, 1.54) is 13.2 Å². The molecule has 0 bridgehead atoms. The molecule has 1 N–H and O–H groups in total. The van der Waals surface area contributed by atoms with Crippen LogP contribution >= 0.6 is 12.4 Å². The zero-order valence-electron chi connectivity index (χ0n) is 12.3. The van der Waals surface area contributed by atoms with Crippen LogP contribution in [0, 0.1) is 0 Å². The molecule has 22 heavy (non-hydrogen) atoms. The van der Waals surface area contributed by atoms with Crippen molar-refractivity contribution in [2.75, 3.05) is 20.2 Å². The number of hydrogen-bond acceptors (Lipinski definition) is 5. The monoisotopic (exact) mass is 323 g/mol. The maximum atomic E-state index is 12.4. The lowest BCUT2D eigenvalue weighted by Crippen LogP contribution is -2.43. The van der Waals surface area contributed by atoms with Crippen molar-refractivity contribution in [2.24, 2.45) is 0 Å². The number of fused-ring (bicyclic) bond motifs is 1. The number of halogens is 1. The molecule has 1 fully saturated rings. The number of carbonyl (C=O) groups excluding carboxylic acids is 2. The number of carbonyl (C=O) groups is 2. The number of ketones is 1. The number of Topliss-reactive ketones (excluding diaryl/α,β-unsaturated/α-hetero) is 1. The van der Waals surface area contributed by atoms with Crippen LogP contribution in [-0.2, 0) is 9.53 Å². The Morgan fingerprint density at radius 1 is 1.45 bits per heavy atom. The second-order valence-corrected chi connectivity index (χ2v) is 5.42. The Morgan fingerprint density at radius 2 is 2.27 bits per heavy atom. The highest BCUT2D eigenvalue weighted by molar-refractivity contribution is 6.01. The van der Waals surface area contributed by atoms with E-state index in [2.05, 4.69) is 10.1 Å². The van der Waals surface area contributed by atoms with Crippen molar-refractivity contribution in [1.29, 1.82) is 0 Å². The summed E-state index contributed by atoms with van der Waals surface area (Å²) in [5.74, 6) is 0.296. The fourth-order valence-electron chi connectivity index (χ4n) is 2.81. The largest absolute Gasteiger partial charge is 0.485 e. The van der Waals surface area contributed by atoms with E-state index in [1.54, 1.807) is 18.2 Å². The molecule has 0 aromatic heterocycles.